The van der Waals surface area contributed by atoms with Crippen molar-refractivity contribution in [1.82, 2.24) is 14.8 Å². The Morgan fingerprint density at radius 3 is 2.61 bits per heavy atom. The van der Waals surface area contributed by atoms with Gasteiger partial charge < -0.3 is 15.5 Å². The number of carbonyl (C=O) groups excluding carboxylic acids is 2. The normalized spacial score (nSPS) is 12.1. The summed E-state index contributed by atoms with van der Waals surface area (Å²) in [5.41, 5.74) is 7.19. The number of aromatic nitrogens is 3. The average molecular weight is 442 g/mol. The molecule has 8 nitrogen and oxygen atoms in total. The van der Waals surface area contributed by atoms with E-state index in [1.807, 2.05) is 41.8 Å². The predicted octanol–water partition coefficient (Wildman–Crippen LogP) is 3.58. The molecule has 0 aliphatic carbocycles. The van der Waals surface area contributed by atoms with Gasteiger partial charge in [-0.2, -0.15) is 0 Å². The van der Waals surface area contributed by atoms with Crippen molar-refractivity contribution in [1.29, 1.82) is 0 Å². The molecule has 164 valence electrons. The summed E-state index contributed by atoms with van der Waals surface area (Å²) in [6, 6.07) is 11.5. The predicted molar refractivity (Wildman–Crippen MR) is 120 cm³/mol. The number of rotatable bonds is 10. The zero-order valence-electron chi connectivity index (χ0n) is 17.9. The Hall–Kier alpha value is -3.07. The van der Waals surface area contributed by atoms with Gasteiger partial charge in [0.1, 0.15) is 11.6 Å². The van der Waals surface area contributed by atoms with Crippen molar-refractivity contribution in [3.8, 4) is 0 Å². The molecule has 0 aliphatic rings. The molecule has 0 fully saturated rings. The molecule has 1 atom stereocenters. The zero-order chi connectivity index (χ0) is 22.4. The molecular weight excluding hydrogens is 414 g/mol. The smallest absolute Gasteiger partial charge is 0.237 e. The van der Waals surface area contributed by atoms with Gasteiger partial charge in [-0.05, 0) is 36.6 Å². The molecule has 0 spiro atoms. The highest BCUT2D eigenvalue weighted by Gasteiger charge is 2.22. The fourth-order valence-electron chi connectivity index (χ4n) is 3.10. The Balaban J connectivity index is 1.76. The number of nitrogens with one attached hydrogen (secondary N) is 1. The minimum atomic E-state index is -0.413. The highest BCUT2D eigenvalue weighted by Crippen LogP contribution is 2.27. The molecule has 3 N–H and O–H groups in total. The first kappa shape index (κ1) is 22.6. The van der Waals surface area contributed by atoms with Crippen molar-refractivity contribution in [2.75, 3.05) is 5.32 Å². The Kier molecular flexibility index (Phi) is 7.51. The van der Waals surface area contributed by atoms with Crippen molar-refractivity contribution in [2.45, 2.75) is 56.5 Å². The fourth-order valence-corrected chi connectivity index (χ4v) is 3.97. The average Bonchev–Trinajstić information content (AvgIpc) is 3.37. The Morgan fingerprint density at radius 1 is 1.16 bits per heavy atom. The summed E-state index contributed by atoms with van der Waals surface area (Å²) in [6.45, 7) is 6.41. The number of nitrogens with zero attached hydrogens (tertiary/aromatic N) is 3. The second kappa shape index (κ2) is 10.3. The van der Waals surface area contributed by atoms with Gasteiger partial charge in [-0.15, -0.1) is 10.2 Å². The molecule has 1 aromatic carbocycles. The summed E-state index contributed by atoms with van der Waals surface area (Å²) in [5.74, 6) is 1.12. The van der Waals surface area contributed by atoms with Gasteiger partial charge in [-0.25, -0.2) is 0 Å². The van der Waals surface area contributed by atoms with Gasteiger partial charge in [0.05, 0.1) is 18.1 Å². The quantitative estimate of drug-likeness (QED) is 0.465. The lowest BCUT2D eigenvalue weighted by atomic mass is 10.0. The topological polar surface area (TPSA) is 116 Å². The third-order valence-corrected chi connectivity index (χ3v) is 5.86. The second-order valence-electron chi connectivity index (χ2n) is 7.52. The molecule has 0 saturated carbocycles. The number of hydrogen-bond acceptors (Lipinski definition) is 6. The van der Waals surface area contributed by atoms with Crippen LogP contribution in [0.2, 0.25) is 0 Å². The van der Waals surface area contributed by atoms with Crippen LogP contribution in [0.15, 0.2) is 52.2 Å². The van der Waals surface area contributed by atoms with Crippen LogP contribution in [0.3, 0.4) is 0 Å². The van der Waals surface area contributed by atoms with E-state index >= 15 is 0 Å². The lowest BCUT2D eigenvalue weighted by Crippen LogP contribution is -2.24. The van der Waals surface area contributed by atoms with Crippen molar-refractivity contribution < 1.29 is 14.0 Å². The fraction of sp³-hybridized carbons (Fsp3) is 0.364. The molecular formula is C22H27N5O3S. The van der Waals surface area contributed by atoms with Gasteiger partial charge in [-0.3, -0.25) is 14.2 Å². The van der Waals surface area contributed by atoms with E-state index in [1.54, 1.807) is 12.3 Å². The van der Waals surface area contributed by atoms with Gasteiger partial charge in [0.25, 0.3) is 0 Å². The highest BCUT2D eigenvalue weighted by atomic mass is 32.2. The van der Waals surface area contributed by atoms with Crippen molar-refractivity contribution in [3.05, 3.63) is 59.8 Å². The third-order valence-electron chi connectivity index (χ3n) is 4.77. The number of para-hydroxylation sites is 1. The second-order valence-corrected chi connectivity index (χ2v) is 8.83. The van der Waals surface area contributed by atoms with Crippen molar-refractivity contribution in [3.63, 3.8) is 0 Å². The van der Waals surface area contributed by atoms with Crippen LogP contribution in [0.5, 0.6) is 0 Å². The minimum absolute atomic E-state index is 0.121. The van der Waals surface area contributed by atoms with Crippen LogP contribution >= 0.6 is 11.8 Å². The van der Waals surface area contributed by atoms with Crippen LogP contribution in [0, 0.1) is 0 Å². The molecule has 2 aromatic heterocycles. The van der Waals surface area contributed by atoms with Crippen molar-refractivity contribution >= 4 is 29.3 Å². The summed E-state index contributed by atoms with van der Waals surface area (Å²) < 4.78 is 7.31. The van der Waals surface area contributed by atoms with Crippen LogP contribution in [-0.2, 0) is 22.6 Å². The Labute approximate surface area is 185 Å². The van der Waals surface area contributed by atoms with E-state index in [1.165, 1.54) is 11.8 Å². The molecule has 2 heterocycles. The first-order chi connectivity index (χ1) is 14.8. The summed E-state index contributed by atoms with van der Waals surface area (Å²) in [7, 11) is 0. The van der Waals surface area contributed by atoms with Crippen LogP contribution in [-0.4, -0.2) is 31.8 Å². The number of nitrogens with two attached hydrogens (primary N) is 1. The number of anilines is 1. The first-order valence-corrected chi connectivity index (χ1v) is 11.0. The van der Waals surface area contributed by atoms with Crippen LogP contribution < -0.4 is 11.1 Å². The van der Waals surface area contributed by atoms with Gasteiger partial charge in [-0.1, -0.05) is 43.8 Å². The van der Waals surface area contributed by atoms with Crippen LogP contribution in [0.1, 0.15) is 50.3 Å². The van der Waals surface area contributed by atoms with E-state index in [9.17, 15) is 9.59 Å². The molecule has 1 unspecified atom stereocenters. The van der Waals surface area contributed by atoms with Gasteiger partial charge >= 0.3 is 0 Å². The van der Waals surface area contributed by atoms with Crippen molar-refractivity contribution in [2.24, 2.45) is 5.73 Å². The molecule has 31 heavy (non-hydrogen) atoms. The maximum atomic E-state index is 12.9. The number of aryl methyl sites for hydroxylation is 1. The van der Waals surface area contributed by atoms with E-state index in [0.717, 1.165) is 17.0 Å². The molecule has 0 aliphatic heterocycles. The maximum Gasteiger partial charge on any atom is 0.237 e. The van der Waals surface area contributed by atoms with Gasteiger partial charge in [0.15, 0.2) is 5.16 Å². The minimum Gasteiger partial charge on any atom is -0.467 e. The molecule has 3 aromatic rings. The molecule has 2 amide bonds. The van der Waals surface area contributed by atoms with Crippen LogP contribution in [0.4, 0.5) is 5.69 Å². The molecule has 9 heteroatoms. The molecule has 0 saturated heterocycles. The largest absolute Gasteiger partial charge is 0.467 e. The number of benzene rings is 1. The number of furan rings is 1. The van der Waals surface area contributed by atoms with E-state index < -0.39 is 11.2 Å². The summed E-state index contributed by atoms with van der Waals surface area (Å²) in [6.07, 6.45) is 2.13. The first-order valence-electron chi connectivity index (χ1n) is 10.1. The summed E-state index contributed by atoms with van der Waals surface area (Å²) >= 11 is 1.31. The van der Waals surface area contributed by atoms with E-state index in [-0.39, 0.29) is 12.3 Å². The monoisotopic (exact) mass is 441 g/mol. The van der Waals surface area contributed by atoms with E-state index in [0.29, 0.717) is 29.9 Å². The molecule has 0 bridgehead atoms. The third kappa shape index (κ3) is 5.97. The lowest BCUT2D eigenvalue weighted by molar-refractivity contribution is -0.118. The number of thioether (sulfide) groups is 1. The van der Waals surface area contributed by atoms with E-state index in [2.05, 4.69) is 29.4 Å². The standard InChI is InChI=1S/C22H27N5O3S/c1-14(2)17-8-4-5-9-18(17)24-21(29)15(3)31-22-26-25-20(11-10-19(23)28)27(22)13-16-7-6-12-30-16/h4-9,12,14-15H,10-11,13H2,1-3H3,(H2,23,28)(H,24,29). The number of hydrogen-bond donors (Lipinski definition) is 2. The zero-order valence-corrected chi connectivity index (χ0v) is 18.7. The maximum absolute atomic E-state index is 12.9. The molecule has 0 radical (unpaired) electrons. The lowest BCUT2D eigenvalue weighted by Gasteiger charge is -2.16. The number of amides is 2. The Bertz CT molecular complexity index is 1030. The van der Waals surface area contributed by atoms with E-state index in [4.69, 9.17) is 10.2 Å². The highest BCUT2D eigenvalue weighted by molar-refractivity contribution is 8.00. The summed E-state index contributed by atoms with van der Waals surface area (Å²) in [4.78, 5) is 24.1. The SMILES string of the molecule is CC(Sc1nnc(CCC(N)=O)n1Cc1ccco1)C(=O)Nc1ccccc1C(C)C. The molecule has 3 rings (SSSR count). The van der Waals surface area contributed by atoms with Crippen LogP contribution in [0.25, 0.3) is 0 Å². The Morgan fingerprint density at radius 2 is 1.94 bits per heavy atom. The van der Waals surface area contributed by atoms with Gasteiger partial charge in [0.2, 0.25) is 11.8 Å². The number of primary amides is 1. The summed E-state index contributed by atoms with van der Waals surface area (Å²) in [5, 5.41) is 11.7. The van der Waals surface area contributed by atoms with Gasteiger partial charge in [0, 0.05) is 18.5 Å². The number of carbonyl (C=O) groups is 2.